The first-order valence-electron chi connectivity index (χ1n) is 4.38. The molecule has 1 aromatic carbocycles. The zero-order chi connectivity index (χ0) is 12.3. The van der Waals surface area contributed by atoms with Gasteiger partial charge in [-0.05, 0) is 13.0 Å². The van der Waals surface area contributed by atoms with Gasteiger partial charge in [0.05, 0.1) is 22.1 Å². The van der Waals surface area contributed by atoms with Crippen molar-refractivity contribution in [2.75, 3.05) is 12.3 Å². The number of nitrogens with two attached hydrogens (primary N) is 1. The van der Waals surface area contributed by atoms with E-state index < -0.39 is 16.6 Å². The first-order valence-corrected chi connectivity index (χ1v) is 4.75. The van der Waals surface area contributed by atoms with Crippen molar-refractivity contribution in [2.24, 2.45) is 0 Å². The number of benzene rings is 1. The van der Waals surface area contributed by atoms with Crippen LogP contribution in [0.1, 0.15) is 17.3 Å². The van der Waals surface area contributed by atoms with Gasteiger partial charge in [0.25, 0.3) is 5.69 Å². The lowest BCUT2D eigenvalue weighted by Gasteiger charge is -2.04. The number of carbonyl (C=O) groups excluding carboxylic acids is 1. The van der Waals surface area contributed by atoms with Gasteiger partial charge < -0.3 is 10.5 Å². The molecule has 0 aliphatic rings. The summed E-state index contributed by atoms with van der Waals surface area (Å²) in [4.78, 5) is 21.3. The third kappa shape index (κ3) is 2.40. The second-order valence-corrected chi connectivity index (χ2v) is 3.28. The Balaban J connectivity index is 3.24. The highest BCUT2D eigenvalue weighted by Gasteiger charge is 2.19. The molecule has 16 heavy (non-hydrogen) atoms. The highest BCUT2D eigenvalue weighted by Crippen LogP contribution is 2.30. The number of esters is 1. The zero-order valence-corrected chi connectivity index (χ0v) is 9.15. The van der Waals surface area contributed by atoms with Crippen LogP contribution in [-0.2, 0) is 4.74 Å². The molecule has 0 aromatic heterocycles. The summed E-state index contributed by atoms with van der Waals surface area (Å²) in [5, 5.41) is 10.6. The Labute approximate surface area is 96.1 Å². The predicted octanol–water partition coefficient (Wildman–Crippen LogP) is 2.01. The fraction of sp³-hybridized carbons (Fsp3) is 0.222. The predicted molar refractivity (Wildman–Crippen MR) is 58.5 cm³/mol. The third-order valence-electron chi connectivity index (χ3n) is 1.82. The van der Waals surface area contributed by atoms with Crippen LogP contribution in [0.15, 0.2) is 12.1 Å². The van der Waals surface area contributed by atoms with E-state index in [1.54, 1.807) is 6.92 Å². The first kappa shape index (κ1) is 12.3. The van der Waals surface area contributed by atoms with E-state index in [0.717, 1.165) is 6.07 Å². The minimum atomic E-state index is -0.704. The SMILES string of the molecule is CCOC(=O)c1cc(Cl)c(N)c([N+](=O)[O-])c1. The fourth-order valence-electron chi connectivity index (χ4n) is 1.09. The van der Waals surface area contributed by atoms with Gasteiger partial charge in [0.15, 0.2) is 0 Å². The minimum absolute atomic E-state index is 0.00718. The lowest BCUT2D eigenvalue weighted by atomic mass is 10.2. The number of nitro benzene ring substituents is 1. The molecule has 0 spiro atoms. The summed E-state index contributed by atoms with van der Waals surface area (Å²) in [5.74, 6) is -0.674. The van der Waals surface area contributed by atoms with Gasteiger partial charge in [0.1, 0.15) is 5.69 Å². The van der Waals surface area contributed by atoms with Crippen LogP contribution < -0.4 is 5.73 Å². The van der Waals surface area contributed by atoms with Crippen LogP contribution in [0.25, 0.3) is 0 Å². The van der Waals surface area contributed by atoms with E-state index in [1.165, 1.54) is 6.07 Å². The summed E-state index contributed by atoms with van der Waals surface area (Å²) in [5.41, 5.74) is 4.83. The average Bonchev–Trinajstić information content (AvgIpc) is 2.21. The topological polar surface area (TPSA) is 95.5 Å². The van der Waals surface area contributed by atoms with Gasteiger partial charge in [0.2, 0.25) is 0 Å². The van der Waals surface area contributed by atoms with Crippen molar-refractivity contribution >= 4 is 28.9 Å². The molecule has 7 heteroatoms. The Kier molecular flexibility index (Phi) is 3.68. The monoisotopic (exact) mass is 244 g/mol. The van der Waals surface area contributed by atoms with E-state index in [9.17, 15) is 14.9 Å². The van der Waals surface area contributed by atoms with Crippen LogP contribution in [0.2, 0.25) is 5.02 Å². The number of carbonyl (C=O) groups is 1. The summed E-state index contributed by atoms with van der Waals surface area (Å²) in [6.07, 6.45) is 0. The Morgan fingerprint density at radius 2 is 2.25 bits per heavy atom. The smallest absolute Gasteiger partial charge is 0.338 e. The summed E-state index contributed by atoms with van der Waals surface area (Å²) in [6.45, 7) is 1.81. The van der Waals surface area contributed by atoms with Gasteiger partial charge in [-0.15, -0.1) is 0 Å². The fourth-order valence-corrected chi connectivity index (χ4v) is 1.30. The number of halogens is 1. The summed E-state index contributed by atoms with van der Waals surface area (Å²) in [7, 11) is 0. The Morgan fingerprint density at radius 3 is 2.75 bits per heavy atom. The Hall–Kier alpha value is -1.82. The number of hydrogen-bond donors (Lipinski definition) is 1. The zero-order valence-electron chi connectivity index (χ0n) is 8.40. The van der Waals surface area contributed by atoms with Gasteiger partial charge >= 0.3 is 5.97 Å². The van der Waals surface area contributed by atoms with Gasteiger partial charge in [-0.25, -0.2) is 4.79 Å². The molecular formula is C9H9ClN2O4. The Morgan fingerprint density at radius 1 is 1.62 bits per heavy atom. The van der Waals surface area contributed by atoms with Gasteiger partial charge in [-0.2, -0.15) is 0 Å². The second kappa shape index (κ2) is 4.80. The van der Waals surface area contributed by atoms with Crippen molar-refractivity contribution in [3.05, 3.63) is 32.8 Å². The van der Waals surface area contributed by atoms with E-state index in [0.29, 0.717) is 0 Å². The number of nitrogen functional groups attached to an aromatic ring is 1. The van der Waals surface area contributed by atoms with Crippen molar-refractivity contribution in [1.82, 2.24) is 0 Å². The molecule has 1 rings (SSSR count). The lowest BCUT2D eigenvalue weighted by molar-refractivity contribution is -0.383. The normalized spacial score (nSPS) is 9.88. The summed E-state index contributed by atoms with van der Waals surface area (Å²) < 4.78 is 4.70. The lowest BCUT2D eigenvalue weighted by Crippen LogP contribution is -2.06. The summed E-state index contributed by atoms with van der Waals surface area (Å²) in [6, 6.07) is 2.28. The molecule has 86 valence electrons. The van der Waals surface area contributed by atoms with E-state index in [-0.39, 0.29) is 22.9 Å². The van der Waals surface area contributed by atoms with Crippen LogP contribution in [0.3, 0.4) is 0 Å². The molecule has 0 aliphatic heterocycles. The molecule has 0 saturated carbocycles. The maximum Gasteiger partial charge on any atom is 0.338 e. The summed E-state index contributed by atoms with van der Waals surface area (Å²) >= 11 is 5.67. The molecule has 2 N–H and O–H groups in total. The van der Waals surface area contributed by atoms with E-state index in [4.69, 9.17) is 22.1 Å². The molecule has 0 heterocycles. The molecule has 0 unspecified atom stereocenters. The van der Waals surface area contributed by atoms with Crippen molar-refractivity contribution in [3.8, 4) is 0 Å². The first-order chi connectivity index (χ1) is 7.47. The standard InChI is InChI=1S/C9H9ClN2O4/c1-2-16-9(13)5-3-6(10)8(11)7(4-5)12(14)15/h3-4H,2,11H2,1H3. The Bertz CT molecular complexity index is 447. The molecule has 6 nitrogen and oxygen atoms in total. The van der Waals surface area contributed by atoms with Crippen LogP contribution in [0.5, 0.6) is 0 Å². The molecule has 0 aliphatic carbocycles. The molecule has 0 bridgehead atoms. The molecule has 1 aromatic rings. The number of rotatable bonds is 3. The average molecular weight is 245 g/mol. The highest BCUT2D eigenvalue weighted by molar-refractivity contribution is 6.34. The molecule has 0 amide bonds. The molecule has 0 radical (unpaired) electrons. The van der Waals surface area contributed by atoms with Gasteiger partial charge in [-0.3, -0.25) is 10.1 Å². The van der Waals surface area contributed by atoms with Gasteiger partial charge in [0, 0.05) is 6.07 Å². The van der Waals surface area contributed by atoms with E-state index >= 15 is 0 Å². The van der Waals surface area contributed by atoms with Crippen molar-refractivity contribution in [1.29, 1.82) is 0 Å². The van der Waals surface area contributed by atoms with Crippen molar-refractivity contribution in [3.63, 3.8) is 0 Å². The van der Waals surface area contributed by atoms with Gasteiger partial charge in [-0.1, -0.05) is 11.6 Å². The molecular weight excluding hydrogens is 236 g/mol. The van der Waals surface area contributed by atoms with Crippen LogP contribution in [0, 0.1) is 10.1 Å². The van der Waals surface area contributed by atoms with E-state index in [2.05, 4.69) is 0 Å². The van der Waals surface area contributed by atoms with Crippen molar-refractivity contribution in [2.45, 2.75) is 6.92 Å². The number of nitrogens with zero attached hydrogens (tertiary/aromatic N) is 1. The largest absolute Gasteiger partial charge is 0.462 e. The van der Waals surface area contributed by atoms with Crippen LogP contribution >= 0.6 is 11.6 Å². The quantitative estimate of drug-likeness (QED) is 0.380. The maximum atomic E-state index is 11.3. The third-order valence-corrected chi connectivity index (χ3v) is 2.13. The molecule has 0 saturated heterocycles. The maximum absolute atomic E-state index is 11.3. The number of hydrogen-bond acceptors (Lipinski definition) is 5. The highest BCUT2D eigenvalue weighted by atomic mass is 35.5. The van der Waals surface area contributed by atoms with Crippen LogP contribution in [0.4, 0.5) is 11.4 Å². The molecule has 0 fully saturated rings. The van der Waals surface area contributed by atoms with Crippen LogP contribution in [-0.4, -0.2) is 17.5 Å². The number of ether oxygens (including phenoxy) is 1. The molecule has 0 atom stereocenters. The van der Waals surface area contributed by atoms with Crippen molar-refractivity contribution < 1.29 is 14.5 Å². The van der Waals surface area contributed by atoms with E-state index in [1.807, 2.05) is 0 Å². The minimum Gasteiger partial charge on any atom is -0.462 e. The number of nitro groups is 1. The number of anilines is 1. The second-order valence-electron chi connectivity index (χ2n) is 2.87.